The molecule has 4 aromatic rings. The highest BCUT2D eigenvalue weighted by Crippen LogP contribution is 2.27. The molecular formula is C29H33N5OS. The molecule has 1 aliphatic rings. The first-order valence-corrected chi connectivity index (χ1v) is 13.7. The van der Waals surface area contributed by atoms with E-state index >= 15 is 0 Å². The Morgan fingerprint density at radius 1 is 0.972 bits per heavy atom. The number of imidazole rings is 1. The summed E-state index contributed by atoms with van der Waals surface area (Å²) in [5.74, 6) is 0.846. The first kappa shape index (κ1) is 24.5. The monoisotopic (exact) mass is 499 g/mol. The molecule has 3 heterocycles. The Morgan fingerprint density at radius 3 is 2.50 bits per heavy atom. The molecule has 7 heteroatoms. The molecule has 1 aliphatic heterocycles. The number of aromatic nitrogens is 3. The highest BCUT2D eigenvalue weighted by molar-refractivity contribution is 7.98. The maximum absolute atomic E-state index is 12.6. The lowest BCUT2D eigenvalue weighted by molar-refractivity contribution is 0.0946. The number of likely N-dealkylation sites (tertiary alicyclic amines) is 1. The van der Waals surface area contributed by atoms with Crippen molar-refractivity contribution in [3.8, 4) is 0 Å². The Kier molecular flexibility index (Phi) is 7.98. The number of fused-ring (bicyclic) bond motifs is 1. The normalized spacial score (nSPS) is 14.2. The molecule has 0 radical (unpaired) electrons. The van der Waals surface area contributed by atoms with Crippen LogP contribution in [0.1, 0.15) is 46.3 Å². The van der Waals surface area contributed by atoms with Gasteiger partial charge in [0.1, 0.15) is 0 Å². The summed E-state index contributed by atoms with van der Waals surface area (Å²) in [5.41, 5.74) is 6.33. The predicted octanol–water partition coefficient (Wildman–Crippen LogP) is 5.30. The van der Waals surface area contributed by atoms with E-state index < -0.39 is 0 Å². The van der Waals surface area contributed by atoms with Gasteiger partial charge in [0.25, 0.3) is 5.91 Å². The van der Waals surface area contributed by atoms with Crippen molar-refractivity contribution in [2.75, 3.05) is 26.2 Å². The van der Waals surface area contributed by atoms with Gasteiger partial charge in [-0.3, -0.25) is 9.78 Å². The molecule has 1 N–H and O–H groups in total. The number of pyridine rings is 1. The third-order valence-corrected chi connectivity index (χ3v) is 7.77. The summed E-state index contributed by atoms with van der Waals surface area (Å²) in [7, 11) is 0. The first-order valence-electron chi connectivity index (χ1n) is 12.7. The lowest BCUT2D eigenvalue weighted by Gasteiger charge is -2.26. The fourth-order valence-corrected chi connectivity index (χ4v) is 5.57. The van der Waals surface area contributed by atoms with Crippen LogP contribution in [0.3, 0.4) is 0 Å². The summed E-state index contributed by atoms with van der Waals surface area (Å²) >= 11 is 1.74. The fourth-order valence-electron chi connectivity index (χ4n) is 4.60. The minimum absolute atomic E-state index is 0.00909. The lowest BCUT2D eigenvalue weighted by Crippen LogP contribution is -2.37. The number of amides is 1. The van der Waals surface area contributed by atoms with Crippen LogP contribution < -0.4 is 5.32 Å². The van der Waals surface area contributed by atoms with Gasteiger partial charge in [0.2, 0.25) is 0 Å². The molecule has 0 aliphatic carbocycles. The zero-order chi connectivity index (χ0) is 24.7. The maximum atomic E-state index is 12.6. The van der Waals surface area contributed by atoms with Gasteiger partial charge in [0, 0.05) is 30.6 Å². The van der Waals surface area contributed by atoms with Gasteiger partial charge in [-0.2, -0.15) is 0 Å². The molecule has 2 aromatic heterocycles. The second kappa shape index (κ2) is 11.7. The number of nitrogens with zero attached hydrogens (tertiary/aromatic N) is 4. The van der Waals surface area contributed by atoms with E-state index in [1.165, 1.54) is 30.4 Å². The van der Waals surface area contributed by atoms with E-state index in [1.54, 1.807) is 18.0 Å². The highest BCUT2D eigenvalue weighted by Gasteiger charge is 2.14. The van der Waals surface area contributed by atoms with E-state index in [2.05, 4.69) is 51.0 Å². The molecule has 0 unspecified atom stereocenters. The Hall–Kier alpha value is -3.16. The molecule has 5 rings (SSSR count). The second-order valence-corrected chi connectivity index (χ2v) is 10.4. The van der Waals surface area contributed by atoms with Gasteiger partial charge in [-0.25, -0.2) is 4.98 Å². The number of thioether (sulfide) groups is 1. The fraction of sp³-hybridized carbons (Fsp3) is 0.345. The van der Waals surface area contributed by atoms with E-state index in [9.17, 15) is 4.79 Å². The first-order chi connectivity index (χ1) is 17.7. The average Bonchev–Trinajstić information content (AvgIpc) is 3.26. The number of piperidine rings is 1. The molecular weight excluding hydrogens is 466 g/mol. The third kappa shape index (κ3) is 6.15. The van der Waals surface area contributed by atoms with Crippen LogP contribution in [-0.4, -0.2) is 51.5 Å². The van der Waals surface area contributed by atoms with Crippen molar-refractivity contribution < 1.29 is 4.79 Å². The molecule has 186 valence electrons. The van der Waals surface area contributed by atoms with Crippen LogP contribution in [0, 0.1) is 6.92 Å². The van der Waals surface area contributed by atoms with Crippen molar-refractivity contribution in [2.45, 2.75) is 43.6 Å². The number of carbonyl (C=O) groups excluding carboxylic acids is 1. The Bertz CT molecular complexity index is 1290. The van der Waals surface area contributed by atoms with Crippen molar-refractivity contribution in [2.24, 2.45) is 0 Å². The van der Waals surface area contributed by atoms with Crippen molar-refractivity contribution in [1.82, 2.24) is 24.8 Å². The minimum atomic E-state index is -0.00909. The lowest BCUT2D eigenvalue weighted by atomic mass is 10.1. The zero-order valence-electron chi connectivity index (χ0n) is 20.8. The molecule has 2 aromatic carbocycles. The minimum Gasteiger partial charge on any atom is -0.351 e. The molecule has 36 heavy (non-hydrogen) atoms. The van der Waals surface area contributed by atoms with E-state index in [1.807, 2.05) is 36.5 Å². The molecule has 0 bridgehead atoms. The number of benzene rings is 2. The third-order valence-electron chi connectivity index (χ3n) is 6.72. The number of hydrogen-bond donors (Lipinski definition) is 1. The molecule has 0 atom stereocenters. The van der Waals surface area contributed by atoms with Crippen LogP contribution in [-0.2, 0) is 12.3 Å². The van der Waals surface area contributed by atoms with Crippen LogP contribution in [0.25, 0.3) is 11.0 Å². The van der Waals surface area contributed by atoms with Gasteiger partial charge in [0.05, 0.1) is 23.8 Å². The number of hydrogen-bond acceptors (Lipinski definition) is 5. The van der Waals surface area contributed by atoms with Crippen LogP contribution in [0.15, 0.2) is 72.1 Å². The van der Waals surface area contributed by atoms with Gasteiger partial charge in [0.15, 0.2) is 5.16 Å². The smallest absolute Gasteiger partial charge is 0.251 e. The Balaban J connectivity index is 1.24. The van der Waals surface area contributed by atoms with E-state index in [0.29, 0.717) is 18.7 Å². The number of nitrogens with one attached hydrogen (secondary N) is 1. The summed E-state index contributed by atoms with van der Waals surface area (Å²) in [4.78, 5) is 24.3. The summed E-state index contributed by atoms with van der Waals surface area (Å²) < 4.78 is 2.22. The van der Waals surface area contributed by atoms with Crippen molar-refractivity contribution in [3.63, 3.8) is 0 Å². The topological polar surface area (TPSA) is 63.1 Å². The van der Waals surface area contributed by atoms with E-state index in [4.69, 9.17) is 4.98 Å². The predicted molar refractivity (Wildman–Crippen MR) is 146 cm³/mol. The van der Waals surface area contributed by atoms with Gasteiger partial charge >= 0.3 is 0 Å². The summed E-state index contributed by atoms with van der Waals surface area (Å²) in [5, 5.41) is 4.04. The van der Waals surface area contributed by atoms with E-state index in [-0.39, 0.29) is 5.91 Å². The molecule has 1 amide bonds. The Labute approximate surface area is 217 Å². The van der Waals surface area contributed by atoms with Crippen molar-refractivity contribution in [1.29, 1.82) is 0 Å². The summed E-state index contributed by atoms with van der Waals surface area (Å²) in [6.45, 7) is 6.69. The average molecular weight is 500 g/mol. The van der Waals surface area contributed by atoms with Crippen LogP contribution in [0.4, 0.5) is 0 Å². The van der Waals surface area contributed by atoms with Crippen molar-refractivity contribution in [3.05, 3.63) is 89.2 Å². The number of carbonyl (C=O) groups is 1. The second-order valence-electron chi connectivity index (χ2n) is 9.47. The van der Waals surface area contributed by atoms with Gasteiger partial charge < -0.3 is 14.8 Å². The quantitative estimate of drug-likeness (QED) is 0.317. The zero-order valence-corrected chi connectivity index (χ0v) is 21.6. The molecule has 1 fully saturated rings. The van der Waals surface area contributed by atoms with Crippen LogP contribution in [0.5, 0.6) is 0 Å². The van der Waals surface area contributed by atoms with Crippen LogP contribution >= 0.6 is 11.8 Å². The van der Waals surface area contributed by atoms with Gasteiger partial charge in [-0.1, -0.05) is 60.1 Å². The molecule has 1 saturated heterocycles. The summed E-state index contributed by atoms with van der Waals surface area (Å²) in [6, 6.07) is 18.5. The number of rotatable bonds is 9. The van der Waals surface area contributed by atoms with Gasteiger partial charge in [-0.05, 0) is 62.2 Å². The Morgan fingerprint density at radius 2 is 1.72 bits per heavy atom. The van der Waals surface area contributed by atoms with E-state index in [0.717, 1.165) is 47.1 Å². The largest absolute Gasteiger partial charge is 0.351 e. The number of aryl methyl sites for hydroxylation is 1. The van der Waals surface area contributed by atoms with Crippen molar-refractivity contribution >= 4 is 28.7 Å². The standard InChI is InChI=1S/C29H33N5OS/c1-22-5-7-24(8-6-22)21-36-29-32-26-13-14-30-19-27(26)34(29)20-23-9-11-25(12-10-23)28(35)31-15-18-33-16-3-2-4-17-33/h5-14,19H,2-4,15-18,20-21H2,1H3,(H,31,35). The van der Waals surface area contributed by atoms with Gasteiger partial charge in [-0.15, -0.1) is 0 Å². The maximum Gasteiger partial charge on any atom is 0.251 e. The highest BCUT2D eigenvalue weighted by atomic mass is 32.2. The molecule has 0 saturated carbocycles. The SMILES string of the molecule is Cc1ccc(CSc2nc3ccncc3n2Cc2ccc(C(=O)NCCN3CCCCC3)cc2)cc1. The van der Waals surface area contributed by atoms with Crippen LogP contribution in [0.2, 0.25) is 0 Å². The summed E-state index contributed by atoms with van der Waals surface area (Å²) in [6.07, 6.45) is 7.52. The molecule has 0 spiro atoms. The molecule has 6 nitrogen and oxygen atoms in total.